The van der Waals surface area contributed by atoms with Crippen molar-refractivity contribution >= 4 is 17.5 Å². The zero-order valence-corrected chi connectivity index (χ0v) is 12.2. The summed E-state index contributed by atoms with van der Waals surface area (Å²) in [6, 6.07) is 17.9. The van der Waals surface area contributed by atoms with E-state index in [1.54, 1.807) is 12.1 Å². The number of nitrogens with one attached hydrogen (secondary N) is 2. The minimum atomic E-state index is -0.674. The molecule has 5 heteroatoms. The van der Waals surface area contributed by atoms with Crippen LogP contribution in [0.1, 0.15) is 5.56 Å². The van der Waals surface area contributed by atoms with Crippen LogP contribution in [0.3, 0.4) is 0 Å². The molecule has 22 heavy (non-hydrogen) atoms. The third-order valence-corrected chi connectivity index (χ3v) is 3.12. The summed E-state index contributed by atoms with van der Waals surface area (Å²) in [7, 11) is 0. The third kappa shape index (κ3) is 5.03. The van der Waals surface area contributed by atoms with Crippen molar-refractivity contribution in [1.29, 1.82) is 0 Å². The van der Waals surface area contributed by atoms with E-state index in [0.717, 1.165) is 5.56 Å². The lowest BCUT2D eigenvalue weighted by Gasteiger charge is -2.12. The average molecular weight is 297 g/mol. The van der Waals surface area contributed by atoms with Crippen LogP contribution in [0.2, 0.25) is 0 Å². The molecule has 2 rings (SSSR count). The normalized spacial score (nSPS) is 11.5. The topological polar surface area (TPSA) is 84.2 Å². The van der Waals surface area contributed by atoms with E-state index in [0.29, 0.717) is 12.1 Å². The Morgan fingerprint density at radius 2 is 1.55 bits per heavy atom. The predicted molar refractivity (Wildman–Crippen MR) is 86.2 cm³/mol. The molecule has 0 unspecified atom stereocenters. The molecule has 0 saturated heterocycles. The quantitative estimate of drug-likeness (QED) is 0.751. The number of hydrogen-bond donors (Lipinski definition) is 3. The van der Waals surface area contributed by atoms with Gasteiger partial charge in [-0.1, -0.05) is 48.5 Å². The Balaban J connectivity index is 1.76. The number of para-hydroxylation sites is 1. The highest BCUT2D eigenvalue weighted by molar-refractivity contribution is 5.95. The second-order valence-corrected chi connectivity index (χ2v) is 4.93. The van der Waals surface area contributed by atoms with Gasteiger partial charge in [-0.2, -0.15) is 0 Å². The monoisotopic (exact) mass is 297 g/mol. The van der Waals surface area contributed by atoms with E-state index >= 15 is 0 Å². The Morgan fingerprint density at radius 1 is 0.955 bits per heavy atom. The first-order valence-electron chi connectivity index (χ1n) is 7.07. The van der Waals surface area contributed by atoms with E-state index in [9.17, 15) is 9.59 Å². The molecular formula is C17H19N3O2. The molecular weight excluding hydrogens is 278 g/mol. The standard InChI is InChI=1S/C17H19N3O2/c18-15(11-13-7-3-1-4-8-13)17(22)19-12-16(21)20-14-9-5-2-6-10-14/h1-10,15H,11-12,18H2,(H,19,22)(H,20,21)/t15-/m0/s1. The van der Waals surface area contributed by atoms with Gasteiger partial charge in [-0.15, -0.1) is 0 Å². The summed E-state index contributed by atoms with van der Waals surface area (Å²) in [6.07, 6.45) is 0.437. The second kappa shape index (κ2) is 7.95. The number of carbonyl (C=O) groups excluding carboxylic acids is 2. The van der Waals surface area contributed by atoms with Crippen molar-refractivity contribution in [2.75, 3.05) is 11.9 Å². The number of carbonyl (C=O) groups is 2. The summed E-state index contributed by atoms with van der Waals surface area (Å²) in [6.45, 7) is -0.101. The van der Waals surface area contributed by atoms with E-state index in [1.807, 2.05) is 48.5 Å². The van der Waals surface area contributed by atoms with Gasteiger partial charge in [0.2, 0.25) is 11.8 Å². The zero-order valence-electron chi connectivity index (χ0n) is 12.2. The summed E-state index contributed by atoms with van der Waals surface area (Å²) in [5.41, 5.74) is 7.52. The maximum atomic E-state index is 11.9. The molecule has 4 N–H and O–H groups in total. The molecule has 2 aromatic rings. The Morgan fingerprint density at radius 3 is 2.18 bits per heavy atom. The van der Waals surface area contributed by atoms with Crippen LogP contribution in [0.25, 0.3) is 0 Å². The Bertz CT molecular complexity index is 614. The summed E-state index contributed by atoms with van der Waals surface area (Å²) >= 11 is 0. The Labute approximate surface area is 129 Å². The third-order valence-electron chi connectivity index (χ3n) is 3.12. The van der Waals surface area contributed by atoms with Gasteiger partial charge < -0.3 is 16.4 Å². The Kier molecular flexibility index (Phi) is 5.68. The molecule has 2 amide bonds. The maximum absolute atomic E-state index is 11.9. The van der Waals surface area contributed by atoms with E-state index in [4.69, 9.17) is 5.73 Å². The fourth-order valence-corrected chi connectivity index (χ4v) is 1.99. The van der Waals surface area contributed by atoms with Crippen LogP contribution in [0.4, 0.5) is 5.69 Å². The summed E-state index contributed by atoms with van der Waals surface area (Å²) in [5, 5.41) is 5.24. The van der Waals surface area contributed by atoms with Crippen molar-refractivity contribution in [1.82, 2.24) is 5.32 Å². The number of anilines is 1. The van der Waals surface area contributed by atoms with Crippen molar-refractivity contribution in [3.8, 4) is 0 Å². The molecule has 2 aromatic carbocycles. The second-order valence-electron chi connectivity index (χ2n) is 4.93. The van der Waals surface area contributed by atoms with Crippen molar-refractivity contribution in [3.05, 3.63) is 66.2 Å². The molecule has 0 bridgehead atoms. The lowest BCUT2D eigenvalue weighted by Crippen LogP contribution is -2.44. The lowest BCUT2D eigenvalue weighted by atomic mass is 10.1. The van der Waals surface area contributed by atoms with Gasteiger partial charge in [-0.3, -0.25) is 9.59 Å². The lowest BCUT2D eigenvalue weighted by molar-refractivity contribution is -0.125. The van der Waals surface area contributed by atoms with E-state index < -0.39 is 6.04 Å². The van der Waals surface area contributed by atoms with Crippen LogP contribution in [0, 0.1) is 0 Å². The van der Waals surface area contributed by atoms with Gasteiger partial charge >= 0.3 is 0 Å². The van der Waals surface area contributed by atoms with Gasteiger partial charge in [-0.25, -0.2) is 0 Å². The zero-order chi connectivity index (χ0) is 15.8. The molecule has 0 saturated carbocycles. The fraction of sp³-hybridized carbons (Fsp3) is 0.176. The molecule has 0 aliphatic carbocycles. The van der Waals surface area contributed by atoms with Gasteiger partial charge in [-0.05, 0) is 24.1 Å². The summed E-state index contributed by atoms with van der Waals surface area (Å²) < 4.78 is 0. The molecule has 0 aromatic heterocycles. The van der Waals surface area contributed by atoms with Crippen molar-refractivity contribution in [3.63, 3.8) is 0 Å². The maximum Gasteiger partial charge on any atom is 0.243 e. The number of benzene rings is 2. The summed E-state index contributed by atoms with van der Waals surface area (Å²) in [4.78, 5) is 23.6. The van der Waals surface area contributed by atoms with Gasteiger partial charge in [0.25, 0.3) is 0 Å². The molecule has 5 nitrogen and oxygen atoms in total. The first kappa shape index (κ1) is 15.7. The van der Waals surface area contributed by atoms with Crippen LogP contribution in [0.5, 0.6) is 0 Å². The minimum Gasteiger partial charge on any atom is -0.346 e. The molecule has 0 heterocycles. The molecule has 0 fully saturated rings. The first-order valence-corrected chi connectivity index (χ1v) is 7.07. The van der Waals surface area contributed by atoms with Crippen LogP contribution in [0.15, 0.2) is 60.7 Å². The number of nitrogens with two attached hydrogens (primary N) is 1. The van der Waals surface area contributed by atoms with Crippen LogP contribution in [-0.2, 0) is 16.0 Å². The van der Waals surface area contributed by atoms with Crippen LogP contribution < -0.4 is 16.4 Å². The number of amides is 2. The number of hydrogen-bond acceptors (Lipinski definition) is 3. The highest BCUT2D eigenvalue weighted by Crippen LogP contribution is 2.04. The van der Waals surface area contributed by atoms with Crippen molar-refractivity contribution in [2.45, 2.75) is 12.5 Å². The fourth-order valence-electron chi connectivity index (χ4n) is 1.99. The molecule has 0 aliphatic heterocycles. The van der Waals surface area contributed by atoms with Gasteiger partial charge in [0.15, 0.2) is 0 Å². The minimum absolute atomic E-state index is 0.101. The predicted octanol–water partition coefficient (Wildman–Crippen LogP) is 1.31. The smallest absolute Gasteiger partial charge is 0.243 e. The number of rotatable bonds is 6. The largest absolute Gasteiger partial charge is 0.346 e. The van der Waals surface area contributed by atoms with Crippen molar-refractivity contribution < 1.29 is 9.59 Å². The SMILES string of the molecule is N[C@@H](Cc1ccccc1)C(=O)NCC(=O)Nc1ccccc1. The van der Waals surface area contributed by atoms with Gasteiger partial charge in [0, 0.05) is 5.69 Å². The van der Waals surface area contributed by atoms with E-state index in [2.05, 4.69) is 10.6 Å². The molecule has 0 aliphatic rings. The molecule has 1 atom stereocenters. The first-order chi connectivity index (χ1) is 10.6. The highest BCUT2D eigenvalue weighted by atomic mass is 16.2. The van der Waals surface area contributed by atoms with Crippen molar-refractivity contribution in [2.24, 2.45) is 5.73 Å². The summed E-state index contributed by atoms with van der Waals surface area (Å²) in [5.74, 6) is -0.626. The average Bonchev–Trinajstić information content (AvgIpc) is 2.54. The molecule has 114 valence electrons. The van der Waals surface area contributed by atoms with Crippen LogP contribution >= 0.6 is 0 Å². The molecule has 0 radical (unpaired) electrons. The van der Waals surface area contributed by atoms with Crippen LogP contribution in [-0.4, -0.2) is 24.4 Å². The van der Waals surface area contributed by atoms with Gasteiger partial charge in [0.05, 0.1) is 12.6 Å². The Hall–Kier alpha value is -2.66. The van der Waals surface area contributed by atoms with E-state index in [1.165, 1.54) is 0 Å². The van der Waals surface area contributed by atoms with E-state index in [-0.39, 0.29) is 18.4 Å². The highest BCUT2D eigenvalue weighted by Gasteiger charge is 2.14. The van der Waals surface area contributed by atoms with Gasteiger partial charge in [0.1, 0.15) is 0 Å². The molecule has 0 spiro atoms.